The summed E-state index contributed by atoms with van der Waals surface area (Å²) in [6.45, 7) is 7.65. The van der Waals surface area contributed by atoms with Crippen LogP contribution in [0.25, 0.3) is 5.69 Å². The molecule has 2 rings (SSSR count). The highest BCUT2D eigenvalue weighted by molar-refractivity contribution is 6.30. The SMILES string of the molecule is Cc1ccc(-n2c(=O)[nH]c(Cl)c(C(C)C)c2=O)cc1C. The van der Waals surface area contributed by atoms with Crippen molar-refractivity contribution >= 4 is 11.6 Å². The molecule has 1 aromatic heterocycles. The minimum absolute atomic E-state index is 0.0651. The summed E-state index contributed by atoms with van der Waals surface area (Å²) >= 11 is 5.98. The van der Waals surface area contributed by atoms with Crippen molar-refractivity contribution in [2.45, 2.75) is 33.6 Å². The zero-order valence-corrected chi connectivity index (χ0v) is 12.7. The quantitative estimate of drug-likeness (QED) is 0.865. The van der Waals surface area contributed by atoms with Crippen LogP contribution >= 0.6 is 11.6 Å². The van der Waals surface area contributed by atoms with Crippen LogP contribution in [0, 0.1) is 13.8 Å². The van der Waals surface area contributed by atoms with E-state index in [2.05, 4.69) is 4.98 Å². The predicted octanol–water partition coefficient (Wildman–Crippen LogP) is 2.92. The van der Waals surface area contributed by atoms with Crippen molar-refractivity contribution in [1.29, 1.82) is 0 Å². The van der Waals surface area contributed by atoms with E-state index < -0.39 is 5.69 Å². The molecule has 0 spiro atoms. The molecule has 1 heterocycles. The zero-order valence-electron chi connectivity index (χ0n) is 12.0. The number of aryl methyl sites for hydroxylation is 2. The molecule has 2 aromatic rings. The molecule has 106 valence electrons. The first kappa shape index (κ1) is 14.6. The molecule has 1 N–H and O–H groups in total. The number of aromatic nitrogens is 2. The number of aromatic amines is 1. The smallest absolute Gasteiger partial charge is 0.297 e. The Balaban J connectivity index is 2.81. The topological polar surface area (TPSA) is 54.9 Å². The van der Waals surface area contributed by atoms with Crippen molar-refractivity contribution in [3.05, 3.63) is 60.9 Å². The maximum atomic E-state index is 12.5. The zero-order chi connectivity index (χ0) is 15.0. The Kier molecular flexibility index (Phi) is 3.86. The molecule has 0 aliphatic rings. The van der Waals surface area contributed by atoms with Crippen LogP contribution in [0.3, 0.4) is 0 Å². The van der Waals surface area contributed by atoms with Gasteiger partial charge in [0.1, 0.15) is 5.15 Å². The van der Waals surface area contributed by atoms with Gasteiger partial charge in [-0.25, -0.2) is 9.36 Å². The Morgan fingerprint density at radius 2 is 1.80 bits per heavy atom. The molecular weight excluding hydrogens is 276 g/mol. The molecule has 0 bridgehead atoms. The third-order valence-corrected chi connectivity index (χ3v) is 3.71. The molecule has 4 nitrogen and oxygen atoms in total. The summed E-state index contributed by atoms with van der Waals surface area (Å²) in [6, 6.07) is 5.47. The molecule has 5 heteroatoms. The Hall–Kier alpha value is -1.81. The normalized spacial score (nSPS) is 11.1. The van der Waals surface area contributed by atoms with E-state index in [0.717, 1.165) is 15.7 Å². The maximum absolute atomic E-state index is 12.5. The number of hydrogen-bond donors (Lipinski definition) is 1. The lowest BCUT2D eigenvalue weighted by atomic mass is 10.1. The lowest BCUT2D eigenvalue weighted by Gasteiger charge is -2.12. The van der Waals surface area contributed by atoms with Gasteiger partial charge in [0.2, 0.25) is 0 Å². The van der Waals surface area contributed by atoms with Gasteiger partial charge in [0, 0.05) is 0 Å². The van der Waals surface area contributed by atoms with Crippen LogP contribution in [0.15, 0.2) is 27.8 Å². The van der Waals surface area contributed by atoms with Crippen molar-refractivity contribution in [1.82, 2.24) is 9.55 Å². The largest absolute Gasteiger partial charge is 0.334 e. The summed E-state index contributed by atoms with van der Waals surface area (Å²) in [5.41, 5.74) is 2.22. The number of halogens is 1. The third-order valence-electron chi connectivity index (χ3n) is 3.42. The monoisotopic (exact) mass is 292 g/mol. The average molecular weight is 293 g/mol. The first-order valence-electron chi connectivity index (χ1n) is 6.45. The van der Waals surface area contributed by atoms with Gasteiger partial charge in [-0.05, 0) is 43.0 Å². The second-order valence-corrected chi connectivity index (χ2v) is 5.60. The number of rotatable bonds is 2. The van der Waals surface area contributed by atoms with Gasteiger partial charge in [-0.2, -0.15) is 0 Å². The highest BCUT2D eigenvalue weighted by atomic mass is 35.5. The molecule has 0 atom stereocenters. The third kappa shape index (κ3) is 2.43. The summed E-state index contributed by atoms with van der Waals surface area (Å²) in [7, 11) is 0. The van der Waals surface area contributed by atoms with Crippen LogP contribution in [-0.4, -0.2) is 9.55 Å². The Labute approximate surface area is 122 Å². The van der Waals surface area contributed by atoms with Gasteiger partial charge in [0.05, 0.1) is 11.3 Å². The van der Waals surface area contributed by atoms with Crippen LogP contribution < -0.4 is 11.2 Å². The van der Waals surface area contributed by atoms with Gasteiger partial charge in [-0.15, -0.1) is 0 Å². The summed E-state index contributed by atoms with van der Waals surface area (Å²) in [5.74, 6) is -0.0651. The van der Waals surface area contributed by atoms with Crippen LogP contribution in [0.5, 0.6) is 0 Å². The van der Waals surface area contributed by atoms with Crippen LogP contribution in [-0.2, 0) is 0 Å². The molecule has 0 saturated heterocycles. The van der Waals surface area contributed by atoms with Crippen LogP contribution in [0.1, 0.15) is 36.5 Å². The fourth-order valence-electron chi connectivity index (χ4n) is 2.12. The second kappa shape index (κ2) is 5.29. The van der Waals surface area contributed by atoms with Crippen LogP contribution in [0.4, 0.5) is 0 Å². The van der Waals surface area contributed by atoms with E-state index in [1.54, 1.807) is 6.07 Å². The highest BCUT2D eigenvalue weighted by Crippen LogP contribution is 2.18. The number of nitrogens with one attached hydrogen (secondary N) is 1. The lowest BCUT2D eigenvalue weighted by molar-refractivity contribution is 0.777. The first-order chi connectivity index (χ1) is 9.32. The summed E-state index contributed by atoms with van der Waals surface area (Å²) in [4.78, 5) is 27.1. The molecule has 0 aliphatic heterocycles. The van der Waals surface area contributed by atoms with Crippen molar-refractivity contribution in [2.24, 2.45) is 0 Å². The minimum Gasteiger partial charge on any atom is -0.297 e. The van der Waals surface area contributed by atoms with E-state index in [4.69, 9.17) is 11.6 Å². The van der Waals surface area contributed by atoms with Gasteiger partial charge >= 0.3 is 5.69 Å². The van der Waals surface area contributed by atoms with Gasteiger partial charge in [0.25, 0.3) is 5.56 Å². The molecule has 0 radical (unpaired) electrons. The lowest BCUT2D eigenvalue weighted by Crippen LogP contribution is -2.36. The van der Waals surface area contributed by atoms with Crippen LogP contribution in [0.2, 0.25) is 5.15 Å². The standard InChI is InChI=1S/C15H17ClN2O2/c1-8(2)12-13(16)17-15(20)18(14(12)19)11-6-5-9(3)10(4)7-11/h5-8H,1-4H3,(H,17,20). The van der Waals surface area contributed by atoms with E-state index in [-0.39, 0.29) is 16.6 Å². The predicted molar refractivity (Wildman–Crippen MR) is 81.2 cm³/mol. The second-order valence-electron chi connectivity index (χ2n) is 5.22. The number of benzene rings is 1. The van der Waals surface area contributed by atoms with Crippen molar-refractivity contribution < 1.29 is 0 Å². The summed E-state index contributed by atoms with van der Waals surface area (Å²) in [6.07, 6.45) is 0. The number of hydrogen-bond acceptors (Lipinski definition) is 2. The Bertz CT molecular complexity index is 772. The van der Waals surface area contributed by atoms with Gasteiger partial charge in [0.15, 0.2) is 0 Å². The highest BCUT2D eigenvalue weighted by Gasteiger charge is 2.16. The average Bonchev–Trinajstić information content (AvgIpc) is 2.32. The summed E-state index contributed by atoms with van der Waals surface area (Å²) in [5, 5.41) is 0.120. The Morgan fingerprint density at radius 1 is 1.15 bits per heavy atom. The molecule has 0 aliphatic carbocycles. The molecule has 1 aromatic carbocycles. The Morgan fingerprint density at radius 3 is 2.35 bits per heavy atom. The number of nitrogens with zero attached hydrogens (tertiary/aromatic N) is 1. The molecule has 0 saturated carbocycles. The van der Waals surface area contributed by atoms with E-state index in [1.165, 1.54) is 0 Å². The van der Waals surface area contributed by atoms with Crippen molar-refractivity contribution in [3.8, 4) is 5.69 Å². The van der Waals surface area contributed by atoms with E-state index >= 15 is 0 Å². The number of H-pyrrole nitrogens is 1. The van der Waals surface area contributed by atoms with Crippen molar-refractivity contribution in [2.75, 3.05) is 0 Å². The minimum atomic E-state index is -0.521. The molecular formula is C15H17ClN2O2. The maximum Gasteiger partial charge on any atom is 0.334 e. The fourth-order valence-corrected chi connectivity index (χ4v) is 2.50. The van der Waals surface area contributed by atoms with E-state index in [9.17, 15) is 9.59 Å². The van der Waals surface area contributed by atoms with Crippen molar-refractivity contribution in [3.63, 3.8) is 0 Å². The van der Waals surface area contributed by atoms with Gasteiger partial charge in [-0.3, -0.25) is 9.78 Å². The molecule has 0 fully saturated rings. The molecule has 20 heavy (non-hydrogen) atoms. The molecule has 0 unspecified atom stereocenters. The van der Waals surface area contributed by atoms with Gasteiger partial charge in [-0.1, -0.05) is 31.5 Å². The first-order valence-corrected chi connectivity index (χ1v) is 6.83. The fraction of sp³-hybridized carbons (Fsp3) is 0.333. The van der Waals surface area contributed by atoms with E-state index in [0.29, 0.717) is 11.3 Å². The van der Waals surface area contributed by atoms with E-state index in [1.807, 2.05) is 39.8 Å². The van der Waals surface area contributed by atoms with Gasteiger partial charge < -0.3 is 0 Å². The summed E-state index contributed by atoms with van der Waals surface area (Å²) < 4.78 is 1.13. The molecule has 0 amide bonds.